The Hall–Kier alpha value is -2.34. The van der Waals surface area contributed by atoms with Gasteiger partial charge in [0, 0.05) is 18.8 Å². The average Bonchev–Trinajstić information content (AvgIpc) is 2.99. The summed E-state index contributed by atoms with van der Waals surface area (Å²) in [6.45, 7) is 0. The fourth-order valence-electron chi connectivity index (χ4n) is 2.35. The predicted octanol–water partition coefficient (Wildman–Crippen LogP) is 2.48. The van der Waals surface area contributed by atoms with Crippen molar-refractivity contribution in [1.29, 1.82) is 0 Å². The Labute approximate surface area is 129 Å². The van der Waals surface area contributed by atoms with Crippen molar-refractivity contribution in [3.8, 4) is 0 Å². The third-order valence-corrected chi connectivity index (χ3v) is 3.83. The molecule has 0 radical (unpaired) electrons. The zero-order valence-corrected chi connectivity index (χ0v) is 12.3. The molecule has 1 atom stereocenters. The normalized spacial score (nSPS) is 15.8. The minimum absolute atomic E-state index is 0.158. The van der Waals surface area contributed by atoms with Gasteiger partial charge in [-0.15, -0.1) is 0 Å². The van der Waals surface area contributed by atoms with Gasteiger partial charge in [-0.05, 0) is 24.8 Å². The van der Waals surface area contributed by atoms with E-state index in [9.17, 15) is 4.79 Å². The number of amides is 2. The number of benzene rings is 1. The molecule has 1 aliphatic rings. The van der Waals surface area contributed by atoms with E-state index in [0.717, 1.165) is 24.2 Å². The quantitative estimate of drug-likeness (QED) is 0.717. The second-order valence-electron chi connectivity index (χ2n) is 5.45. The second kappa shape index (κ2) is 7.09. The van der Waals surface area contributed by atoms with Crippen molar-refractivity contribution >= 4 is 6.03 Å². The van der Waals surface area contributed by atoms with Gasteiger partial charge in [0.25, 0.3) is 0 Å². The third kappa shape index (κ3) is 3.85. The number of aromatic amines is 1. The molecule has 0 bridgehead atoms. The number of carbonyl (C=O) groups excluding carboxylic acids is 1. The molecule has 0 spiro atoms. The molecule has 116 valence electrons. The highest BCUT2D eigenvalue weighted by atomic mass is 16.7. The number of hydroxylamine groups is 1. The zero-order chi connectivity index (χ0) is 15.2. The molecule has 3 rings (SSSR count). The highest BCUT2D eigenvalue weighted by Gasteiger charge is 2.21. The van der Waals surface area contributed by atoms with E-state index < -0.39 is 0 Å². The Kier molecular flexibility index (Phi) is 4.70. The SMILES string of the molecule is O=C(NOC1CCC1)NC(Cc1ncc[nH]1)c1ccccc1. The fourth-order valence-corrected chi connectivity index (χ4v) is 2.35. The first-order valence-electron chi connectivity index (χ1n) is 7.56. The topological polar surface area (TPSA) is 79.0 Å². The van der Waals surface area contributed by atoms with E-state index in [1.165, 1.54) is 6.42 Å². The van der Waals surface area contributed by atoms with Gasteiger partial charge in [-0.1, -0.05) is 30.3 Å². The molecule has 2 amide bonds. The van der Waals surface area contributed by atoms with Gasteiger partial charge in [-0.3, -0.25) is 4.84 Å². The lowest BCUT2D eigenvalue weighted by atomic mass is 9.97. The van der Waals surface area contributed by atoms with Crippen LogP contribution in [0.4, 0.5) is 4.79 Å². The smallest absolute Gasteiger partial charge is 0.339 e. The number of urea groups is 1. The first kappa shape index (κ1) is 14.6. The summed E-state index contributed by atoms with van der Waals surface area (Å²) in [5, 5.41) is 2.94. The summed E-state index contributed by atoms with van der Waals surface area (Å²) in [5.74, 6) is 0.828. The van der Waals surface area contributed by atoms with Gasteiger partial charge in [0.15, 0.2) is 0 Å². The van der Waals surface area contributed by atoms with Crippen molar-refractivity contribution in [2.45, 2.75) is 37.8 Å². The number of nitrogens with one attached hydrogen (secondary N) is 3. The van der Waals surface area contributed by atoms with E-state index in [4.69, 9.17) is 4.84 Å². The van der Waals surface area contributed by atoms with Crippen LogP contribution in [0.2, 0.25) is 0 Å². The number of H-pyrrole nitrogens is 1. The maximum absolute atomic E-state index is 12.0. The summed E-state index contributed by atoms with van der Waals surface area (Å²) >= 11 is 0. The standard InChI is InChI=1S/C16H20N4O2/c21-16(20-22-13-7-4-8-13)19-14(11-15-17-9-10-18-15)12-5-2-1-3-6-12/h1-3,5-6,9-10,13-14H,4,7-8,11H2,(H,17,18)(H2,19,20,21). The van der Waals surface area contributed by atoms with Crippen LogP contribution in [-0.2, 0) is 11.3 Å². The number of rotatable bonds is 6. The van der Waals surface area contributed by atoms with Crippen LogP contribution in [0.25, 0.3) is 0 Å². The summed E-state index contributed by atoms with van der Waals surface area (Å²) in [4.78, 5) is 24.6. The minimum atomic E-state index is -0.327. The number of hydrogen-bond donors (Lipinski definition) is 3. The molecule has 1 aromatic carbocycles. The van der Waals surface area contributed by atoms with Gasteiger partial charge < -0.3 is 10.3 Å². The molecule has 1 fully saturated rings. The van der Waals surface area contributed by atoms with Gasteiger partial charge in [-0.25, -0.2) is 15.3 Å². The van der Waals surface area contributed by atoms with Crippen molar-refractivity contribution in [1.82, 2.24) is 20.8 Å². The van der Waals surface area contributed by atoms with E-state index in [-0.39, 0.29) is 18.2 Å². The lowest BCUT2D eigenvalue weighted by molar-refractivity contribution is -0.0448. The van der Waals surface area contributed by atoms with Crippen molar-refractivity contribution in [3.05, 3.63) is 54.1 Å². The second-order valence-corrected chi connectivity index (χ2v) is 5.45. The molecule has 1 aliphatic carbocycles. The largest absolute Gasteiger partial charge is 0.349 e. The summed E-state index contributed by atoms with van der Waals surface area (Å²) < 4.78 is 0. The van der Waals surface area contributed by atoms with Crippen LogP contribution in [0.5, 0.6) is 0 Å². The monoisotopic (exact) mass is 300 g/mol. The molecule has 6 nitrogen and oxygen atoms in total. The van der Waals surface area contributed by atoms with Gasteiger partial charge in [0.2, 0.25) is 0 Å². The molecular weight excluding hydrogens is 280 g/mol. The van der Waals surface area contributed by atoms with Crippen molar-refractivity contribution in [2.24, 2.45) is 0 Å². The number of imidazole rings is 1. The minimum Gasteiger partial charge on any atom is -0.349 e. The van der Waals surface area contributed by atoms with Gasteiger partial charge in [0.05, 0.1) is 12.1 Å². The van der Waals surface area contributed by atoms with Crippen LogP contribution in [0.1, 0.15) is 36.7 Å². The zero-order valence-electron chi connectivity index (χ0n) is 12.3. The highest BCUT2D eigenvalue weighted by molar-refractivity contribution is 5.73. The van der Waals surface area contributed by atoms with E-state index in [0.29, 0.717) is 6.42 Å². The van der Waals surface area contributed by atoms with E-state index in [1.807, 2.05) is 30.3 Å². The van der Waals surface area contributed by atoms with E-state index in [1.54, 1.807) is 12.4 Å². The summed E-state index contributed by atoms with van der Waals surface area (Å²) in [5.41, 5.74) is 3.51. The molecule has 0 saturated heterocycles. The Balaban J connectivity index is 1.61. The van der Waals surface area contributed by atoms with Crippen molar-refractivity contribution in [3.63, 3.8) is 0 Å². The molecule has 1 aromatic heterocycles. The summed E-state index contributed by atoms with van der Waals surface area (Å²) in [6.07, 6.45) is 7.41. The van der Waals surface area contributed by atoms with Gasteiger partial charge >= 0.3 is 6.03 Å². The Morgan fingerprint density at radius 1 is 1.36 bits per heavy atom. The molecule has 2 aromatic rings. The van der Waals surface area contributed by atoms with Crippen LogP contribution in [0.15, 0.2) is 42.7 Å². The lowest BCUT2D eigenvalue weighted by Crippen LogP contribution is -2.41. The van der Waals surface area contributed by atoms with Crippen LogP contribution in [0, 0.1) is 0 Å². The number of hydrogen-bond acceptors (Lipinski definition) is 3. The Morgan fingerprint density at radius 3 is 2.82 bits per heavy atom. The first-order chi connectivity index (χ1) is 10.8. The first-order valence-corrected chi connectivity index (χ1v) is 7.56. The molecule has 6 heteroatoms. The molecule has 1 heterocycles. The van der Waals surface area contributed by atoms with E-state index in [2.05, 4.69) is 20.8 Å². The van der Waals surface area contributed by atoms with Crippen LogP contribution < -0.4 is 10.8 Å². The average molecular weight is 300 g/mol. The van der Waals surface area contributed by atoms with Crippen molar-refractivity contribution < 1.29 is 9.63 Å². The predicted molar refractivity (Wildman–Crippen MR) is 81.9 cm³/mol. The number of aromatic nitrogens is 2. The number of nitrogens with zero attached hydrogens (tertiary/aromatic N) is 1. The highest BCUT2D eigenvalue weighted by Crippen LogP contribution is 2.21. The van der Waals surface area contributed by atoms with Crippen LogP contribution in [-0.4, -0.2) is 22.1 Å². The lowest BCUT2D eigenvalue weighted by Gasteiger charge is -2.25. The molecule has 1 saturated carbocycles. The fraction of sp³-hybridized carbons (Fsp3) is 0.375. The summed E-state index contributed by atoms with van der Waals surface area (Å²) in [7, 11) is 0. The van der Waals surface area contributed by atoms with E-state index >= 15 is 0 Å². The van der Waals surface area contributed by atoms with Crippen molar-refractivity contribution in [2.75, 3.05) is 0 Å². The summed E-state index contributed by atoms with van der Waals surface area (Å²) in [6, 6.07) is 9.34. The number of carbonyl (C=O) groups is 1. The molecule has 3 N–H and O–H groups in total. The van der Waals surface area contributed by atoms with Crippen LogP contribution in [0.3, 0.4) is 0 Å². The maximum atomic E-state index is 12.0. The molecule has 22 heavy (non-hydrogen) atoms. The Morgan fingerprint density at radius 2 is 2.18 bits per heavy atom. The molecular formula is C16H20N4O2. The Bertz CT molecular complexity index is 581. The maximum Gasteiger partial charge on any atom is 0.339 e. The van der Waals surface area contributed by atoms with Crippen LogP contribution >= 0.6 is 0 Å². The van der Waals surface area contributed by atoms with Gasteiger partial charge in [-0.2, -0.15) is 0 Å². The molecule has 0 aliphatic heterocycles. The molecule has 1 unspecified atom stereocenters. The van der Waals surface area contributed by atoms with Gasteiger partial charge in [0.1, 0.15) is 5.82 Å². The third-order valence-electron chi connectivity index (χ3n) is 3.83.